The zero-order valence-electron chi connectivity index (χ0n) is 19.0. The van der Waals surface area contributed by atoms with Crippen LogP contribution in [0.5, 0.6) is 0 Å². The van der Waals surface area contributed by atoms with Crippen LogP contribution in [0.25, 0.3) is 0 Å². The van der Waals surface area contributed by atoms with Crippen molar-refractivity contribution in [3.8, 4) is 0 Å². The molecule has 0 atom stereocenters. The standard InChI is InChI=1S/3Fe.8H3O4P.3V/c;;;8*1-5(2,3)4;;;/h;;;8*(H3,1,2,3,4);;;/q3*+3;;;;;;;;;;;/p-24. The zero-order valence-corrected chi connectivity index (χ0v) is 33.7. The first-order chi connectivity index (χ1) is 16.0. The van der Waals surface area contributed by atoms with Gasteiger partial charge in [0.2, 0.25) is 0 Å². The molecule has 0 spiro atoms. The van der Waals surface area contributed by atoms with E-state index in [1.807, 2.05) is 0 Å². The Morgan fingerprint density at radius 1 is 0.174 bits per heavy atom. The molecule has 0 amide bonds. The van der Waals surface area contributed by atoms with Crippen LogP contribution in [0.3, 0.4) is 0 Å². The monoisotopic (exact) mass is 1080 g/mol. The van der Waals surface area contributed by atoms with Crippen molar-refractivity contribution in [2.24, 2.45) is 0 Å². The smallest absolute Gasteiger partial charge is 0.822 e. The molecule has 0 heterocycles. The first-order valence-corrected chi connectivity index (χ1v) is 17.5. The maximum absolute atomic E-state index is 8.55. The summed E-state index contributed by atoms with van der Waals surface area (Å²) in [5.41, 5.74) is 0. The molecule has 0 saturated carbocycles. The van der Waals surface area contributed by atoms with Gasteiger partial charge in [-0.25, -0.2) is 0 Å². The first kappa shape index (κ1) is 92.7. The average molecular weight is 1080 g/mol. The van der Waals surface area contributed by atoms with E-state index in [0.717, 1.165) is 0 Å². The molecule has 0 rings (SSSR count). The van der Waals surface area contributed by atoms with Gasteiger partial charge in [-0.3, -0.25) is 0 Å². The Bertz CT molecular complexity index is 670. The topological polar surface area (TPSA) is 690 Å². The summed E-state index contributed by atoms with van der Waals surface area (Å²) in [6.45, 7) is 0. The minimum Gasteiger partial charge on any atom is -0.822 e. The van der Waals surface area contributed by atoms with Crippen molar-refractivity contribution in [1.29, 1.82) is 0 Å². The summed E-state index contributed by atoms with van der Waals surface area (Å²) in [5.74, 6) is 0. The summed E-state index contributed by atoms with van der Waals surface area (Å²) in [5, 5.41) is 0. The van der Waals surface area contributed by atoms with Gasteiger partial charge in [0.15, 0.2) is 0 Å². The molecule has 286 valence electrons. The van der Waals surface area contributed by atoms with E-state index in [0.29, 0.717) is 0 Å². The van der Waals surface area contributed by atoms with Crippen LogP contribution in [0.2, 0.25) is 0 Å². The van der Waals surface area contributed by atoms with Crippen molar-refractivity contribution in [1.82, 2.24) is 0 Å². The van der Waals surface area contributed by atoms with Gasteiger partial charge < -0.3 is 154 Å². The third-order valence-corrected chi connectivity index (χ3v) is 0. The molecule has 0 aromatic heterocycles. The Hall–Kier alpha value is 4.19. The zero-order chi connectivity index (χ0) is 36.0. The quantitative estimate of drug-likeness (QED) is 0.161. The molecule has 0 saturated heterocycles. The second kappa shape index (κ2) is 41.9. The molecule has 0 aliphatic heterocycles. The Kier molecular flexibility index (Phi) is 84.5. The summed E-state index contributed by atoms with van der Waals surface area (Å²) in [6.07, 6.45) is 0. The number of hydrogen-bond donors (Lipinski definition) is 0. The molecular formula is Fe3O32P8V3-15. The van der Waals surface area contributed by atoms with Crippen molar-refractivity contribution in [2.75, 3.05) is 0 Å². The van der Waals surface area contributed by atoms with Crippen LogP contribution in [0.1, 0.15) is 0 Å². The van der Waals surface area contributed by atoms with Gasteiger partial charge in [0.25, 0.3) is 0 Å². The Morgan fingerprint density at radius 2 is 0.174 bits per heavy atom. The molecule has 0 aliphatic rings. The summed E-state index contributed by atoms with van der Waals surface area (Å²) in [4.78, 5) is 205. The molecule has 46 heavy (non-hydrogen) atoms. The van der Waals surface area contributed by atoms with Gasteiger partial charge in [-0.1, -0.05) is 0 Å². The molecule has 0 unspecified atom stereocenters. The van der Waals surface area contributed by atoms with E-state index in [4.69, 9.17) is 154 Å². The summed E-state index contributed by atoms with van der Waals surface area (Å²) < 4.78 is 68.4. The van der Waals surface area contributed by atoms with Gasteiger partial charge in [-0.05, 0) is 0 Å². The van der Waals surface area contributed by atoms with Crippen LogP contribution >= 0.6 is 62.6 Å². The second-order valence-electron chi connectivity index (χ2n) is 3.58. The minimum absolute atomic E-state index is 0. The van der Waals surface area contributed by atoms with Gasteiger partial charge in [0.1, 0.15) is 0 Å². The molecule has 0 bridgehead atoms. The van der Waals surface area contributed by atoms with Crippen LogP contribution in [0, 0.1) is 0 Å². The summed E-state index contributed by atoms with van der Waals surface area (Å²) in [6, 6.07) is 0. The van der Waals surface area contributed by atoms with Crippen molar-refractivity contribution >= 4 is 62.6 Å². The third-order valence-electron chi connectivity index (χ3n) is 0. The molecule has 6 radical (unpaired) electrons. The van der Waals surface area contributed by atoms with E-state index in [1.165, 1.54) is 0 Å². The fourth-order valence-electron chi connectivity index (χ4n) is 0. The van der Waals surface area contributed by atoms with Crippen molar-refractivity contribution < 1.29 is 261 Å². The summed E-state index contributed by atoms with van der Waals surface area (Å²) in [7, 11) is -43.1. The Balaban J connectivity index is -0.0000000208. The molecule has 0 fully saturated rings. The van der Waals surface area contributed by atoms with Gasteiger partial charge >= 0.3 is 51.2 Å². The van der Waals surface area contributed by atoms with Gasteiger partial charge in [0.05, 0.1) is 0 Å². The van der Waals surface area contributed by atoms with E-state index >= 15 is 0 Å². The van der Waals surface area contributed by atoms with E-state index in [2.05, 4.69) is 0 Å². The fraction of sp³-hybridized carbons (Fsp3) is 0. The number of rotatable bonds is 0. The maximum Gasteiger partial charge on any atom is 3.00 e. The average Bonchev–Trinajstić information content (AvgIpc) is 2.16. The van der Waals surface area contributed by atoms with E-state index in [1.54, 1.807) is 0 Å². The van der Waals surface area contributed by atoms with Crippen molar-refractivity contribution in [3.63, 3.8) is 0 Å². The van der Waals surface area contributed by atoms with Gasteiger partial charge in [0, 0.05) is 55.7 Å². The maximum atomic E-state index is 8.55. The first-order valence-electron chi connectivity index (χ1n) is 5.84. The minimum atomic E-state index is -5.39. The molecule has 32 nitrogen and oxygen atoms in total. The van der Waals surface area contributed by atoms with Crippen LogP contribution in [0.4, 0.5) is 0 Å². The molecular weight excluding hydrogens is 1080 g/mol. The number of hydrogen-bond acceptors (Lipinski definition) is 32. The van der Waals surface area contributed by atoms with Crippen molar-refractivity contribution in [2.45, 2.75) is 0 Å². The molecule has 0 N–H and O–H groups in total. The second-order valence-corrected chi connectivity index (χ2v) is 10.7. The SMILES string of the molecule is O=P([O-])([O-])[O-].O=P([O-])([O-])[O-].O=P([O-])([O-])[O-].O=P([O-])([O-])[O-].O=P([O-])([O-])[O-].O=P([O-])([O-])[O-].O=P([O-])([O-])[O-].O=P([O-])([O-])[O-].[Fe+3].[Fe+3].[Fe+3].[V].[V].[V]. The summed E-state index contributed by atoms with van der Waals surface area (Å²) >= 11 is 0. The molecule has 0 aromatic rings. The molecule has 0 aromatic carbocycles. The fourth-order valence-corrected chi connectivity index (χ4v) is 0. The normalized spacial score (nSPS) is 10.3. The Morgan fingerprint density at radius 3 is 0.174 bits per heavy atom. The van der Waals surface area contributed by atoms with Crippen LogP contribution in [0.15, 0.2) is 0 Å². The van der Waals surface area contributed by atoms with Crippen molar-refractivity contribution in [3.05, 3.63) is 0 Å². The largest absolute Gasteiger partial charge is 3.00 e. The van der Waals surface area contributed by atoms with Gasteiger partial charge in [-0.2, -0.15) is 62.6 Å². The van der Waals surface area contributed by atoms with Crippen LogP contribution < -0.4 is 117 Å². The Labute approximate surface area is 321 Å². The van der Waals surface area contributed by atoms with Gasteiger partial charge in [-0.15, -0.1) is 0 Å². The van der Waals surface area contributed by atoms with Crippen LogP contribution in [-0.4, -0.2) is 0 Å². The number of phosphoric acid groups is 8. The van der Waals surface area contributed by atoms with E-state index in [-0.39, 0.29) is 107 Å². The van der Waals surface area contributed by atoms with E-state index in [9.17, 15) is 0 Å². The predicted octanol–water partition coefficient (Wildman–Crippen LogP) is -22.6. The van der Waals surface area contributed by atoms with Crippen LogP contribution in [-0.2, 0) is 143 Å². The molecule has 46 heteroatoms. The van der Waals surface area contributed by atoms with E-state index < -0.39 is 62.6 Å². The third kappa shape index (κ3) is 6110. The predicted molar refractivity (Wildman–Crippen MR) is 60.9 cm³/mol. The molecule has 0 aliphatic carbocycles.